The Bertz CT molecular complexity index is 4910. The molecule has 3 aromatic carbocycles. The number of phenolic OH excluding ortho intramolecular Hbond substituents is 1. The monoisotopic (exact) mass is 1830 g/mol. The first-order valence-electron chi connectivity index (χ1n) is 43.2. The summed E-state index contributed by atoms with van der Waals surface area (Å²) in [5, 5.41) is 79.5. The van der Waals surface area contributed by atoms with Gasteiger partial charge in [0.15, 0.2) is 5.96 Å². The molecule has 8 rings (SSSR count). The molecule has 43 nitrogen and oxygen atoms in total. The van der Waals surface area contributed by atoms with Gasteiger partial charge in [-0.2, -0.15) is 0 Å². The molecule has 0 spiro atoms. The molecule has 0 bridgehead atoms. The average molecular weight is 1830 g/mol. The van der Waals surface area contributed by atoms with Crippen molar-refractivity contribution in [2.75, 3.05) is 72.1 Å². The summed E-state index contributed by atoms with van der Waals surface area (Å²) in [4.78, 5) is 259. The van der Waals surface area contributed by atoms with E-state index >= 15 is 28.8 Å². The molecule has 24 N–H and O–H groups in total. The number of thioether (sulfide) groups is 1. The molecule has 2 aromatic heterocycles. The third-order valence-corrected chi connectivity index (χ3v) is 24.3. The molecule has 17 amide bonds. The van der Waals surface area contributed by atoms with Gasteiger partial charge in [-0.3, -0.25) is 86.9 Å². The number of nitrogens with zero attached hydrogens (tertiary/aromatic N) is 5. The van der Waals surface area contributed by atoms with Gasteiger partial charge in [-0.15, -0.1) is 11.8 Å². The summed E-state index contributed by atoms with van der Waals surface area (Å²) < 4.78 is 0. The summed E-state index contributed by atoms with van der Waals surface area (Å²) in [6.45, 7) is 4.51. The van der Waals surface area contributed by atoms with E-state index in [0.717, 1.165) is 19.6 Å². The van der Waals surface area contributed by atoms with Crippen LogP contribution in [0.25, 0.3) is 21.8 Å². The Kier molecular flexibility index (Phi) is 38.2. The molecule has 5 aromatic rings. The molecular weight excluding hydrogens is 1710 g/mol. The van der Waals surface area contributed by atoms with E-state index in [2.05, 4.69) is 68.5 Å². The van der Waals surface area contributed by atoms with Crippen molar-refractivity contribution in [3.63, 3.8) is 0 Å². The second kappa shape index (κ2) is 48.4. The lowest BCUT2D eigenvalue weighted by Crippen LogP contribution is -2.62. The van der Waals surface area contributed by atoms with Gasteiger partial charge in [0.1, 0.15) is 96.4 Å². The van der Waals surface area contributed by atoms with Crippen LogP contribution < -0.4 is 75.7 Å². The number of aromatic nitrogens is 2. The maximum absolute atomic E-state index is 15.6. The number of nitrogens with one attached hydrogen (secondary N) is 14. The lowest BCUT2D eigenvalue weighted by atomic mass is 10.0. The molecule has 3 aliphatic heterocycles. The Labute approximate surface area is 754 Å². The SMILES string of the molecule is CCCC[C@H]1C(=O)N(C)[C@@H](C)C(=O)N[C@@H](CCCNC(=N)N)C(=O)N[C@H](C(=O)N[C@@H](CO)C(N)=O)CSCC(=O)N[C@@H](Cc2ccc(O)cc2)C(=O)N(C)[C@@H](C)C(=O)N[C@H](CC(N)=O)C(=O)N2CCC[C@H]2C(=O)N[C@@H](CO)C(=O)N[C@@H](CC(C)C)C(=O)N2CCC[C@H]2C(=O)N[C@@H](Cc2c[nH]c3ccccc23)C(=O)N[C@@H](CO)C(=O)N[C@@H](Cc2c[nH]c3ccccc23)C(=O)N1C. The number of nitrogens with two attached hydrogens (primary N) is 3. The van der Waals surface area contributed by atoms with Gasteiger partial charge in [-0.1, -0.05) is 82.1 Å². The molecule has 5 heterocycles. The number of aliphatic hydroxyl groups excluding tert-OH is 3. The molecule has 130 heavy (non-hydrogen) atoms. The van der Waals surface area contributed by atoms with Gasteiger partial charge in [0, 0.05) is 100.0 Å². The molecule has 0 unspecified atom stereocenters. The number of aromatic amines is 2. The summed E-state index contributed by atoms with van der Waals surface area (Å²) in [7, 11) is 3.77. The smallest absolute Gasteiger partial charge is 0.246 e. The number of fused-ring (bicyclic) bond motifs is 4. The van der Waals surface area contributed by atoms with Gasteiger partial charge in [0.25, 0.3) is 0 Å². The van der Waals surface area contributed by atoms with Crippen LogP contribution in [-0.2, 0) is 101 Å². The van der Waals surface area contributed by atoms with Gasteiger partial charge in [-0.25, -0.2) is 0 Å². The van der Waals surface area contributed by atoms with E-state index < -0.39 is 235 Å². The first-order chi connectivity index (χ1) is 61.8. The summed E-state index contributed by atoms with van der Waals surface area (Å²) in [6.07, 6.45) is 2.42. The summed E-state index contributed by atoms with van der Waals surface area (Å²) in [5.41, 5.74) is 19.4. The Morgan fingerprint density at radius 2 is 1.00 bits per heavy atom. The van der Waals surface area contributed by atoms with Crippen LogP contribution in [0.15, 0.2) is 85.2 Å². The predicted molar refractivity (Wildman–Crippen MR) is 475 cm³/mol. The zero-order chi connectivity index (χ0) is 95.5. The Hall–Kier alpha value is -13.0. The van der Waals surface area contributed by atoms with Crippen LogP contribution in [0.3, 0.4) is 0 Å². The average Bonchev–Trinajstić information content (AvgIpc) is 1.57. The third-order valence-electron chi connectivity index (χ3n) is 23.3. The predicted octanol–water partition coefficient (Wildman–Crippen LogP) is -4.68. The van der Waals surface area contributed by atoms with Crippen LogP contribution in [-0.4, -0.2) is 324 Å². The maximum Gasteiger partial charge on any atom is 0.246 e. The largest absolute Gasteiger partial charge is 0.508 e. The van der Waals surface area contributed by atoms with E-state index in [1.807, 2.05) is 6.92 Å². The number of phenols is 1. The van der Waals surface area contributed by atoms with Gasteiger partial charge >= 0.3 is 0 Å². The number of unbranched alkanes of at least 4 members (excludes halogenated alkanes) is 1. The van der Waals surface area contributed by atoms with Crippen molar-refractivity contribution in [3.8, 4) is 5.75 Å². The molecule has 15 atom stereocenters. The maximum atomic E-state index is 15.6. The highest BCUT2D eigenvalue weighted by Gasteiger charge is 2.45. The second-order valence-corrected chi connectivity index (χ2v) is 34.2. The van der Waals surface area contributed by atoms with Crippen molar-refractivity contribution in [2.24, 2.45) is 23.1 Å². The van der Waals surface area contributed by atoms with Gasteiger partial charge in [-0.05, 0) is 112 Å². The van der Waals surface area contributed by atoms with Crippen molar-refractivity contribution in [2.45, 2.75) is 215 Å². The van der Waals surface area contributed by atoms with Crippen LogP contribution in [0.5, 0.6) is 5.75 Å². The van der Waals surface area contributed by atoms with Crippen LogP contribution in [0.4, 0.5) is 0 Å². The molecule has 3 aliphatic rings. The van der Waals surface area contributed by atoms with Crippen molar-refractivity contribution in [1.82, 2.24) is 93.0 Å². The number of amides is 17. The third kappa shape index (κ3) is 27.8. The molecule has 0 saturated carbocycles. The first kappa shape index (κ1) is 102. The number of hydrogen-bond donors (Lipinski definition) is 21. The molecule has 0 radical (unpaired) electrons. The van der Waals surface area contributed by atoms with Gasteiger partial charge < -0.3 is 131 Å². The second-order valence-electron chi connectivity index (χ2n) is 33.2. The fraction of sp³-hybridized carbons (Fsp3) is 0.535. The zero-order valence-corrected chi connectivity index (χ0v) is 74.8. The van der Waals surface area contributed by atoms with Crippen molar-refractivity contribution < 1.29 is 102 Å². The highest BCUT2D eigenvalue weighted by atomic mass is 32.2. The van der Waals surface area contributed by atoms with Gasteiger partial charge in [0.05, 0.1) is 32.0 Å². The number of primary amides is 2. The summed E-state index contributed by atoms with van der Waals surface area (Å²) in [6, 6.07) is -4.22. The Balaban J connectivity index is 1.17. The van der Waals surface area contributed by atoms with Crippen LogP contribution >= 0.6 is 11.8 Å². The van der Waals surface area contributed by atoms with E-state index in [-0.39, 0.29) is 102 Å². The number of para-hydroxylation sites is 2. The lowest BCUT2D eigenvalue weighted by Gasteiger charge is -2.35. The minimum atomic E-state index is -1.86. The van der Waals surface area contributed by atoms with E-state index in [4.69, 9.17) is 22.6 Å². The minimum absolute atomic E-state index is 0.00203. The molecule has 708 valence electrons. The number of guanidine groups is 1. The summed E-state index contributed by atoms with van der Waals surface area (Å²) in [5.74, 6) is -18.8. The number of hydrogen-bond acceptors (Lipinski definition) is 23. The van der Waals surface area contributed by atoms with Crippen molar-refractivity contribution >= 4 is 140 Å². The quantitative estimate of drug-likeness (QED) is 0.0166. The van der Waals surface area contributed by atoms with Crippen LogP contribution in [0.1, 0.15) is 122 Å². The van der Waals surface area contributed by atoms with Crippen LogP contribution in [0.2, 0.25) is 0 Å². The van der Waals surface area contributed by atoms with E-state index in [9.17, 15) is 73.2 Å². The lowest BCUT2D eigenvalue weighted by molar-refractivity contribution is -0.149. The normalized spacial score (nSPS) is 24.9. The number of aliphatic hydroxyl groups is 3. The Morgan fingerprint density at radius 3 is 1.52 bits per heavy atom. The molecule has 44 heteroatoms. The van der Waals surface area contributed by atoms with Crippen molar-refractivity contribution in [1.29, 1.82) is 5.41 Å². The highest BCUT2D eigenvalue weighted by Crippen LogP contribution is 2.27. The van der Waals surface area contributed by atoms with Crippen molar-refractivity contribution in [3.05, 3.63) is 102 Å². The van der Waals surface area contributed by atoms with Crippen LogP contribution in [0, 0.1) is 11.3 Å². The fourth-order valence-corrected chi connectivity index (χ4v) is 16.5. The molecule has 3 fully saturated rings. The molecule has 3 saturated heterocycles. The first-order valence-corrected chi connectivity index (χ1v) is 44.3. The zero-order valence-electron chi connectivity index (χ0n) is 74.0. The standard InChI is InChI=1S/C86H122N22O21S/c1-9-10-23-68-85(129)105(7)47(5)72(116)95-56(22-15-30-91-86(89)90)74(118)103-65(78(122)100-62(40-109)71(88)115)43-130-44-70(114)94-59(34-48-26-28-51(112)29-27-48)81(125)104(6)46(4)73(117)97-61(37-69(87)113)84(128)108-32-17-25-67(108)80(124)102-64(42-111)77(121)98-58(33-45(2)3)83(127)107-31-16-24-66(107)79(123)96-57(35-49-38-92-54-20-13-11-18-52(49)54)75(119)101-63(41-110)76(120)99-60(82(126)106(68)8)36-50-39-93-55-21-14-12-19-53(50)55/h11-14,18-21,26-29,38-39,45-47,56-68,92-93,109-112H,9-10,15-17,22-25,30-37,40-44H2,1-8H3,(H2,87,113)(H2,88,115)(H,94,114)(H,95,116)(H,96,123)(H,97,117)(H,98,121)(H,99,120)(H,100,122)(H,101,119)(H,102,124)(H,103,118)(H4,89,90,91)/t46-,47-,56-,57-,58-,59-,60-,61+,62-,63-,64-,65-,66-,67-,68-/m0/s1. The number of likely N-dealkylation sites (N-methyl/N-ethyl adjacent to an activating group) is 3. The number of H-pyrrole nitrogens is 2. The van der Waals surface area contributed by atoms with E-state index in [1.54, 1.807) is 74.8 Å². The number of aromatic hydroxyl groups is 1. The van der Waals surface area contributed by atoms with E-state index in [1.165, 1.54) is 64.2 Å². The topological polar surface area (TPSA) is 653 Å². The number of carbonyl (C=O) groups is 17. The highest BCUT2D eigenvalue weighted by molar-refractivity contribution is 8.00. The number of benzene rings is 3. The number of carbonyl (C=O) groups excluding carboxylic acids is 17. The summed E-state index contributed by atoms with van der Waals surface area (Å²) >= 11 is 0.697. The number of rotatable bonds is 23. The Morgan fingerprint density at radius 1 is 0.531 bits per heavy atom. The fourth-order valence-electron chi connectivity index (χ4n) is 15.7. The minimum Gasteiger partial charge on any atom is -0.508 e. The van der Waals surface area contributed by atoms with E-state index in [0.29, 0.717) is 63.1 Å². The van der Waals surface area contributed by atoms with Gasteiger partial charge in [0.2, 0.25) is 100 Å². The molecular formula is C86H122N22O21S. The molecule has 0 aliphatic carbocycles.